The van der Waals surface area contributed by atoms with Crippen molar-refractivity contribution in [2.45, 2.75) is 223 Å². The van der Waals surface area contributed by atoms with E-state index in [1.54, 1.807) is 0 Å². The van der Waals surface area contributed by atoms with Crippen molar-refractivity contribution >= 4 is 138 Å². The van der Waals surface area contributed by atoms with Crippen LogP contribution in [0.5, 0.6) is 0 Å². The fourth-order valence-electron chi connectivity index (χ4n) is 17.1. The van der Waals surface area contributed by atoms with Crippen LogP contribution in [0.25, 0.3) is 11.1 Å². The van der Waals surface area contributed by atoms with Crippen LogP contribution >= 0.6 is 23.5 Å². The minimum atomic E-state index is -0.137. The third-order valence-electron chi connectivity index (χ3n) is 23.9. The molecule has 0 fully saturated rings. The third kappa shape index (κ3) is 13.9. The number of hydrogen-bond donors (Lipinski definition) is 0. The summed E-state index contributed by atoms with van der Waals surface area (Å²) < 4.78 is 0. The van der Waals surface area contributed by atoms with Crippen molar-refractivity contribution < 1.29 is 0 Å². The Morgan fingerprint density at radius 3 is 1.07 bits per heavy atom. The smallest absolute Gasteiger partial charge is 0.249 e. The molecule has 12 aromatic rings. The van der Waals surface area contributed by atoms with E-state index in [1.807, 2.05) is 23.5 Å². The SMILES string of the molecule is CC(C)c1ccc(N(c2ccc(C(C)(C)C)cc2)c2cc3c4c(c2)N(c2ccccc2-c2ccc(C(C)(C)C)cc2)c2cc5c(cc2B4c2cc(C(C)(C)C)ccc2S3)B2c3cc(C(C)(C)C)ccc3N(c3ccc(C(C)(C)C)cc3)c3cc(N(c4ccc(C(C)(C)C)cc4)c4ccc(C(C)(C)C)cc4)cc(c32)S5)cc1. The summed E-state index contributed by atoms with van der Waals surface area (Å²) in [5.41, 5.74) is 34.4. The second kappa shape index (κ2) is 27.2. The van der Waals surface area contributed by atoms with Crippen LogP contribution in [0.1, 0.15) is 210 Å². The second-order valence-electron chi connectivity index (χ2n) is 39.4. The molecule has 0 bridgehead atoms. The Morgan fingerprint density at radius 1 is 0.270 bits per heavy atom. The molecular formula is C103H110B2N4S2. The number of fused-ring (bicyclic) bond motifs is 8. The van der Waals surface area contributed by atoms with Gasteiger partial charge in [0.15, 0.2) is 0 Å². The van der Waals surface area contributed by atoms with Crippen LogP contribution < -0.4 is 52.4 Å². The summed E-state index contributed by atoms with van der Waals surface area (Å²) in [5, 5.41) is 0. The topological polar surface area (TPSA) is 13.0 Å². The zero-order chi connectivity index (χ0) is 78.7. The molecule has 4 aliphatic rings. The van der Waals surface area contributed by atoms with E-state index in [2.05, 4.69) is 422 Å². The van der Waals surface area contributed by atoms with Gasteiger partial charge >= 0.3 is 0 Å². The summed E-state index contributed by atoms with van der Waals surface area (Å²) in [4.78, 5) is 15.5. The molecule has 0 atom stereocenters. The molecule has 0 N–H and O–H groups in total. The quantitative estimate of drug-likeness (QED) is 0.126. The largest absolute Gasteiger partial charge is 0.311 e. The van der Waals surface area contributed by atoms with Gasteiger partial charge in [-0.2, -0.15) is 0 Å². The molecule has 0 radical (unpaired) electrons. The van der Waals surface area contributed by atoms with Gasteiger partial charge in [0.05, 0.1) is 5.69 Å². The summed E-state index contributed by atoms with van der Waals surface area (Å²) in [5.74, 6) is 0.390. The van der Waals surface area contributed by atoms with E-state index in [0.29, 0.717) is 5.92 Å². The van der Waals surface area contributed by atoms with Gasteiger partial charge < -0.3 is 19.6 Å². The molecule has 8 heteroatoms. The van der Waals surface area contributed by atoms with Crippen LogP contribution in [0.4, 0.5) is 68.2 Å². The normalized spacial score (nSPS) is 14.0. The first-order valence-corrected chi connectivity index (χ1v) is 42.0. The van der Waals surface area contributed by atoms with E-state index in [1.165, 1.54) is 131 Å². The second-order valence-corrected chi connectivity index (χ2v) is 41.6. The van der Waals surface area contributed by atoms with Crippen molar-refractivity contribution in [3.63, 3.8) is 0 Å². The highest BCUT2D eigenvalue weighted by atomic mass is 32.2. The van der Waals surface area contributed by atoms with Crippen molar-refractivity contribution in [1.29, 1.82) is 0 Å². The average Bonchev–Trinajstić information content (AvgIpc) is 0.689. The first-order valence-electron chi connectivity index (χ1n) is 40.4. The number of rotatable bonds is 10. The van der Waals surface area contributed by atoms with Gasteiger partial charge in [0.2, 0.25) is 13.4 Å². The molecule has 16 rings (SSSR count). The van der Waals surface area contributed by atoms with E-state index < -0.39 is 0 Å². The van der Waals surface area contributed by atoms with Crippen LogP contribution in [0.15, 0.2) is 262 Å². The number of nitrogens with zero attached hydrogens (tertiary/aromatic N) is 4. The van der Waals surface area contributed by atoms with Crippen molar-refractivity contribution in [1.82, 2.24) is 0 Å². The molecule has 4 aliphatic heterocycles. The van der Waals surface area contributed by atoms with E-state index in [-0.39, 0.29) is 51.3 Å². The van der Waals surface area contributed by atoms with Crippen LogP contribution in [0, 0.1) is 0 Å². The lowest BCUT2D eigenvalue weighted by atomic mass is 9.31. The molecule has 0 saturated heterocycles. The number of para-hydroxylation sites is 1. The maximum atomic E-state index is 2.73. The van der Waals surface area contributed by atoms with Gasteiger partial charge in [-0.15, -0.1) is 0 Å². The molecule has 0 spiro atoms. The summed E-state index contributed by atoms with van der Waals surface area (Å²) in [6, 6.07) is 96.3. The predicted molar refractivity (Wildman–Crippen MR) is 486 cm³/mol. The molecule has 0 aromatic heterocycles. The fourth-order valence-corrected chi connectivity index (χ4v) is 19.5. The molecule has 0 unspecified atom stereocenters. The first kappa shape index (κ1) is 75.7. The minimum absolute atomic E-state index is 0.0129. The van der Waals surface area contributed by atoms with Crippen LogP contribution in [0.3, 0.4) is 0 Å². The third-order valence-corrected chi connectivity index (χ3v) is 26.2. The van der Waals surface area contributed by atoms with Gasteiger partial charge in [0, 0.05) is 87.7 Å². The van der Waals surface area contributed by atoms with Crippen molar-refractivity contribution in [2.75, 3.05) is 19.6 Å². The first-order chi connectivity index (χ1) is 52.3. The summed E-state index contributed by atoms with van der Waals surface area (Å²) in [6.45, 7) is 53.3. The Balaban J connectivity index is 1.01. The zero-order valence-corrected chi connectivity index (χ0v) is 71.6. The molecule has 560 valence electrons. The Bertz CT molecular complexity index is 5530. The Kier molecular flexibility index (Phi) is 18.6. The van der Waals surface area contributed by atoms with Gasteiger partial charge in [0.1, 0.15) is 0 Å². The molecule has 4 heterocycles. The Labute approximate surface area is 673 Å². The van der Waals surface area contributed by atoms with Crippen LogP contribution in [0.2, 0.25) is 0 Å². The van der Waals surface area contributed by atoms with E-state index in [4.69, 9.17) is 0 Å². The fraction of sp³-hybridized carbons (Fsp3) is 0.301. The summed E-state index contributed by atoms with van der Waals surface area (Å²) in [7, 11) is 0. The summed E-state index contributed by atoms with van der Waals surface area (Å²) in [6.07, 6.45) is 0. The summed E-state index contributed by atoms with van der Waals surface area (Å²) >= 11 is 3.91. The Morgan fingerprint density at radius 2 is 0.631 bits per heavy atom. The van der Waals surface area contributed by atoms with E-state index in [9.17, 15) is 0 Å². The van der Waals surface area contributed by atoms with Crippen molar-refractivity contribution in [3.05, 3.63) is 287 Å². The van der Waals surface area contributed by atoms with Gasteiger partial charge in [0.25, 0.3) is 0 Å². The predicted octanol–water partition coefficient (Wildman–Crippen LogP) is 26.0. The number of anilines is 12. The van der Waals surface area contributed by atoms with Gasteiger partial charge in [-0.05, 0) is 225 Å². The minimum Gasteiger partial charge on any atom is -0.311 e. The van der Waals surface area contributed by atoms with Crippen molar-refractivity contribution in [3.8, 4) is 11.1 Å². The molecule has 12 aromatic carbocycles. The van der Waals surface area contributed by atoms with Crippen molar-refractivity contribution in [2.24, 2.45) is 0 Å². The van der Waals surface area contributed by atoms with E-state index >= 15 is 0 Å². The lowest BCUT2D eigenvalue weighted by Gasteiger charge is -2.44. The monoisotopic (exact) mass is 1490 g/mol. The molecule has 4 nitrogen and oxygen atoms in total. The average molecular weight is 1490 g/mol. The van der Waals surface area contributed by atoms with Crippen LogP contribution in [-0.4, -0.2) is 13.4 Å². The van der Waals surface area contributed by atoms with E-state index in [0.717, 1.165) is 45.5 Å². The highest BCUT2D eigenvalue weighted by Gasteiger charge is 2.48. The highest BCUT2D eigenvalue weighted by molar-refractivity contribution is 8.00. The number of hydrogen-bond acceptors (Lipinski definition) is 6. The highest BCUT2D eigenvalue weighted by Crippen LogP contribution is 2.53. The maximum absolute atomic E-state index is 2.73. The molecular weight excluding hydrogens is 1380 g/mol. The molecule has 0 saturated carbocycles. The molecule has 0 amide bonds. The molecule has 111 heavy (non-hydrogen) atoms. The van der Waals surface area contributed by atoms with Crippen LogP contribution in [-0.2, 0) is 37.9 Å². The van der Waals surface area contributed by atoms with Gasteiger partial charge in [-0.3, -0.25) is 0 Å². The lowest BCUT2D eigenvalue weighted by molar-refractivity contribution is 0.590. The standard InChI is InChI=1S/C103H110B2N4S2/c1-64(2)65-30-44-74(45-31-65)106(75-46-34-68(35-47-75)98(6,7)8)80-59-90-96-93(60-80)110-91-55-43-73(103(21,22)23)57-84(91)105(96)83-62-85-92(63-88(83)109(90)86-27-25-24-26-81(86)66-28-32-67(33-29-66)97(3,4)5)111-94-61-79(107(76-48-36-69(37-49-76)99(9,10)11)77-50-38-70(39-51-77)100(12,13)14)58-89-95(94)104(85)82-56-72(102(18,19)20)42-54-87(82)108(89)78-52-40-71(41-53-78)101(15,16)17/h24-64H,1-23H3. The maximum Gasteiger partial charge on any atom is 0.249 e. The van der Waals surface area contributed by atoms with Gasteiger partial charge in [-0.1, -0.05) is 327 Å². The number of benzene rings is 12. The molecule has 0 aliphatic carbocycles. The Hall–Kier alpha value is -9.33. The van der Waals surface area contributed by atoms with Gasteiger partial charge in [-0.25, -0.2) is 0 Å². The lowest BCUT2D eigenvalue weighted by Crippen LogP contribution is -2.64. The zero-order valence-electron chi connectivity index (χ0n) is 69.9.